The Morgan fingerprint density at radius 3 is 2.32 bits per heavy atom. The number of Topliss-reactive ketones (excluding diaryl/α,β-unsaturated/α-hetero) is 1. The van der Waals surface area contributed by atoms with Gasteiger partial charge in [-0.2, -0.15) is 0 Å². The highest BCUT2D eigenvalue weighted by molar-refractivity contribution is 7.91. The summed E-state index contributed by atoms with van der Waals surface area (Å²) in [4.78, 5) is 26.3. The van der Waals surface area contributed by atoms with Crippen molar-refractivity contribution in [3.8, 4) is 0 Å². The summed E-state index contributed by atoms with van der Waals surface area (Å²) in [7, 11) is -2.28. The van der Waals surface area contributed by atoms with Crippen LogP contribution in [0.5, 0.6) is 0 Å². The minimum atomic E-state index is -3.79. The number of para-hydroxylation sites is 1. The van der Waals surface area contributed by atoms with Crippen molar-refractivity contribution in [1.82, 2.24) is 10.3 Å². The first kappa shape index (κ1) is 16.9. The number of hydrogen-bond donors (Lipinski definition) is 2. The third-order valence-electron chi connectivity index (χ3n) is 4.01. The Bertz CT molecular complexity index is 1080. The van der Waals surface area contributed by atoms with E-state index in [9.17, 15) is 18.0 Å². The zero-order valence-electron chi connectivity index (χ0n) is 13.7. The number of aromatic nitrogens is 1. The average molecular weight is 356 g/mol. The Balaban J connectivity index is 2.15. The van der Waals surface area contributed by atoms with Crippen molar-refractivity contribution in [3.63, 3.8) is 0 Å². The summed E-state index contributed by atoms with van der Waals surface area (Å²) in [6.45, 7) is 1.42. The molecule has 2 N–H and O–H groups in total. The number of H-pyrrole nitrogens is 1. The second-order valence-electron chi connectivity index (χ2n) is 5.54. The maximum Gasteiger partial charge on any atom is 0.253 e. The van der Waals surface area contributed by atoms with Crippen LogP contribution in [-0.4, -0.2) is 32.1 Å². The van der Waals surface area contributed by atoms with Gasteiger partial charge in [-0.05, 0) is 25.1 Å². The number of aromatic amines is 1. The SMILES string of the molecule is CNC(=O)c1cccc2c(S(=O)(=O)c3ccc(C(C)=O)cc3)c[nH]c12. The van der Waals surface area contributed by atoms with Crippen molar-refractivity contribution in [3.05, 3.63) is 59.8 Å². The van der Waals surface area contributed by atoms with Crippen molar-refractivity contribution in [2.24, 2.45) is 0 Å². The number of benzene rings is 2. The molecule has 7 heteroatoms. The topological polar surface area (TPSA) is 96.1 Å². The summed E-state index contributed by atoms with van der Waals surface area (Å²) < 4.78 is 25.9. The fraction of sp³-hybridized carbons (Fsp3) is 0.111. The minimum Gasteiger partial charge on any atom is -0.359 e. The van der Waals surface area contributed by atoms with E-state index >= 15 is 0 Å². The predicted molar refractivity (Wildman–Crippen MR) is 93.6 cm³/mol. The minimum absolute atomic E-state index is 0.0868. The van der Waals surface area contributed by atoms with E-state index < -0.39 is 9.84 Å². The van der Waals surface area contributed by atoms with Crippen molar-refractivity contribution < 1.29 is 18.0 Å². The maximum absolute atomic E-state index is 12.9. The summed E-state index contributed by atoms with van der Waals surface area (Å²) in [5, 5.41) is 2.97. The van der Waals surface area contributed by atoms with Gasteiger partial charge in [0.15, 0.2) is 5.78 Å². The Morgan fingerprint density at radius 2 is 1.72 bits per heavy atom. The number of fused-ring (bicyclic) bond motifs is 1. The zero-order valence-corrected chi connectivity index (χ0v) is 14.5. The molecule has 3 aromatic rings. The van der Waals surface area contributed by atoms with Crippen LogP contribution < -0.4 is 5.32 Å². The fourth-order valence-corrected chi connectivity index (χ4v) is 4.09. The normalized spacial score (nSPS) is 11.4. The number of hydrogen-bond acceptors (Lipinski definition) is 4. The molecule has 0 saturated heterocycles. The summed E-state index contributed by atoms with van der Waals surface area (Å²) >= 11 is 0. The lowest BCUT2D eigenvalue weighted by Crippen LogP contribution is -2.18. The molecule has 0 bridgehead atoms. The molecule has 0 radical (unpaired) electrons. The van der Waals surface area contributed by atoms with E-state index in [0.29, 0.717) is 22.0 Å². The molecule has 0 spiro atoms. The second kappa shape index (κ2) is 6.18. The van der Waals surface area contributed by atoms with Gasteiger partial charge in [0.05, 0.1) is 20.9 Å². The molecule has 6 nitrogen and oxygen atoms in total. The van der Waals surface area contributed by atoms with Gasteiger partial charge in [-0.3, -0.25) is 9.59 Å². The van der Waals surface area contributed by atoms with E-state index in [1.54, 1.807) is 18.2 Å². The van der Waals surface area contributed by atoms with Crippen molar-refractivity contribution >= 4 is 32.4 Å². The van der Waals surface area contributed by atoms with Gasteiger partial charge in [-0.1, -0.05) is 24.3 Å². The van der Waals surface area contributed by atoms with Crippen LogP contribution in [0.25, 0.3) is 10.9 Å². The molecule has 3 rings (SSSR count). The molecule has 0 saturated carbocycles. The van der Waals surface area contributed by atoms with Gasteiger partial charge in [0.1, 0.15) is 0 Å². The van der Waals surface area contributed by atoms with E-state index in [0.717, 1.165) is 0 Å². The van der Waals surface area contributed by atoms with Crippen molar-refractivity contribution in [2.45, 2.75) is 16.7 Å². The van der Waals surface area contributed by atoms with E-state index in [1.807, 2.05) is 0 Å². The van der Waals surface area contributed by atoms with E-state index in [4.69, 9.17) is 0 Å². The number of carbonyl (C=O) groups excluding carboxylic acids is 2. The van der Waals surface area contributed by atoms with Crippen LogP contribution in [0.2, 0.25) is 0 Å². The van der Waals surface area contributed by atoms with Crippen molar-refractivity contribution in [1.29, 1.82) is 0 Å². The average Bonchev–Trinajstić information content (AvgIpc) is 3.06. The molecule has 0 atom stereocenters. The van der Waals surface area contributed by atoms with Gasteiger partial charge in [0.2, 0.25) is 9.84 Å². The van der Waals surface area contributed by atoms with Crippen LogP contribution in [0.4, 0.5) is 0 Å². The lowest BCUT2D eigenvalue weighted by Gasteiger charge is -2.05. The van der Waals surface area contributed by atoms with Gasteiger partial charge in [0, 0.05) is 24.2 Å². The van der Waals surface area contributed by atoms with Gasteiger partial charge in [0.25, 0.3) is 5.91 Å². The number of nitrogens with one attached hydrogen (secondary N) is 2. The van der Waals surface area contributed by atoms with Crippen molar-refractivity contribution in [2.75, 3.05) is 7.05 Å². The van der Waals surface area contributed by atoms with E-state index in [2.05, 4.69) is 10.3 Å². The highest BCUT2D eigenvalue weighted by Gasteiger charge is 2.23. The molecule has 128 valence electrons. The quantitative estimate of drug-likeness (QED) is 0.702. The molecule has 1 aromatic heterocycles. The summed E-state index contributed by atoms with van der Waals surface area (Å²) in [5.74, 6) is -0.437. The van der Waals surface area contributed by atoms with Gasteiger partial charge in [-0.25, -0.2) is 8.42 Å². The first-order valence-corrected chi connectivity index (χ1v) is 9.03. The molecule has 1 amide bonds. The molecule has 0 aliphatic carbocycles. The Morgan fingerprint density at radius 1 is 1.04 bits per heavy atom. The van der Waals surface area contributed by atoms with Crippen LogP contribution in [-0.2, 0) is 9.84 Å². The molecular weight excluding hydrogens is 340 g/mol. The molecule has 0 fully saturated rings. The molecular formula is C18H16N2O4S. The third kappa shape index (κ3) is 2.83. The molecule has 0 aliphatic heterocycles. The maximum atomic E-state index is 12.9. The Labute approximate surface area is 144 Å². The third-order valence-corrected chi connectivity index (χ3v) is 5.82. The number of sulfone groups is 1. The van der Waals surface area contributed by atoms with Crippen LogP contribution in [0.15, 0.2) is 58.5 Å². The summed E-state index contributed by atoms with van der Waals surface area (Å²) in [5.41, 5.74) is 1.27. The zero-order chi connectivity index (χ0) is 18.2. The molecule has 0 aliphatic rings. The first-order valence-electron chi connectivity index (χ1n) is 7.54. The highest BCUT2D eigenvalue weighted by Crippen LogP contribution is 2.30. The van der Waals surface area contributed by atoms with Crippen LogP contribution in [0, 0.1) is 0 Å². The highest BCUT2D eigenvalue weighted by atomic mass is 32.2. The van der Waals surface area contributed by atoms with Crippen LogP contribution >= 0.6 is 0 Å². The molecule has 1 heterocycles. The number of carbonyl (C=O) groups is 2. The van der Waals surface area contributed by atoms with E-state index in [1.165, 1.54) is 44.4 Å². The van der Waals surface area contributed by atoms with Gasteiger partial charge < -0.3 is 10.3 Å². The first-order chi connectivity index (χ1) is 11.9. The molecule has 2 aromatic carbocycles. The van der Waals surface area contributed by atoms with Crippen LogP contribution in [0.1, 0.15) is 27.6 Å². The van der Waals surface area contributed by atoms with Crippen LogP contribution in [0.3, 0.4) is 0 Å². The molecule has 25 heavy (non-hydrogen) atoms. The standard InChI is InChI=1S/C18H16N2O4S/c1-11(21)12-6-8-13(9-7-12)25(23,24)16-10-20-17-14(16)4-3-5-15(17)18(22)19-2/h3-10,20H,1-2H3,(H,19,22). The van der Waals surface area contributed by atoms with Gasteiger partial charge >= 0.3 is 0 Å². The Hall–Kier alpha value is -2.93. The number of ketones is 1. The summed E-state index contributed by atoms with van der Waals surface area (Å²) in [6, 6.07) is 10.7. The van der Waals surface area contributed by atoms with E-state index in [-0.39, 0.29) is 21.5 Å². The Kier molecular flexibility index (Phi) is 4.18. The largest absolute Gasteiger partial charge is 0.359 e. The monoisotopic (exact) mass is 356 g/mol. The number of amides is 1. The fourth-order valence-electron chi connectivity index (χ4n) is 2.67. The predicted octanol–water partition coefficient (Wildman–Crippen LogP) is 2.56. The lowest BCUT2D eigenvalue weighted by atomic mass is 10.1. The number of rotatable bonds is 4. The second-order valence-corrected chi connectivity index (χ2v) is 7.46. The molecule has 0 unspecified atom stereocenters. The lowest BCUT2D eigenvalue weighted by molar-refractivity contribution is 0.0963. The van der Waals surface area contributed by atoms with Gasteiger partial charge in [-0.15, -0.1) is 0 Å². The smallest absolute Gasteiger partial charge is 0.253 e. The summed E-state index contributed by atoms with van der Waals surface area (Å²) in [6.07, 6.45) is 1.38.